The first kappa shape index (κ1) is 12.0. The Kier molecular flexibility index (Phi) is 4.29. The van der Waals surface area contributed by atoms with Crippen LogP contribution in [0.2, 0.25) is 0 Å². The fourth-order valence-electron chi connectivity index (χ4n) is 1.88. The van der Waals surface area contributed by atoms with Crippen molar-refractivity contribution in [2.75, 3.05) is 0 Å². The molecule has 3 atom stereocenters. The lowest BCUT2D eigenvalue weighted by Gasteiger charge is -2.17. The van der Waals surface area contributed by atoms with Crippen LogP contribution in [0, 0.1) is 0 Å². The molecule has 0 aromatic heterocycles. The molecule has 0 aromatic carbocycles. The van der Waals surface area contributed by atoms with E-state index in [1.165, 1.54) is 0 Å². The lowest BCUT2D eigenvalue weighted by atomic mass is 10.1. The Balaban J connectivity index is 2.01. The van der Waals surface area contributed by atoms with E-state index in [9.17, 15) is 8.42 Å². The maximum absolute atomic E-state index is 12.1. The summed E-state index contributed by atoms with van der Waals surface area (Å²) in [6.45, 7) is 0. The summed E-state index contributed by atoms with van der Waals surface area (Å²) in [5.74, 6) is 0. The molecule has 2 aliphatic carbocycles. The Morgan fingerprint density at radius 2 is 2.00 bits per heavy atom. The van der Waals surface area contributed by atoms with Crippen molar-refractivity contribution < 1.29 is 8.42 Å². The van der Waals surface area contributed by atoms with Crippen molar-refractivity contribution in [3.63, 3.8) is 0 Å². The van der Waals surface area contributed by atoms with Gasteiger partial charge in [0.15, 0.2) is 0 Å². The van der Waals surface area contributed by atoms with Crippen LogP contribution in [0.5, 0.6) is 0 Å². The van der Waals surface area contributed by atoms with Gasteiger partial charge < -0.3 is 0 Å². The van der Waals surface area contributed by atoms with Crippen molar-refractivity contribution in [3.8, 4) is 0 Å². The first-order valence-corrected chi connectivity index (χ1v) is 8.49. The fraction of sp³-hybridized carbons (Fsp3) is 0.500. The summed E-state index contributed by atoms with van der Waals surface area (Å²) in [7, 11) is -2.53. The van der Waals surface area contributed by atoms with Gasteiger partial charge in [0, 0.05) is 4.91 Å². The van der Waals surface area contributed by atoms with E-state index in [0.29, 0.717) is 6.42 Å². The molecule has 0 bridgehead atoms. The molecule has 0 spiro atoms. The zero-order chi connectivity index (χ0) is 11.4. The molecule has 0 N–H and O–H groups in total. The molecule has 4 heteroatoms. The van der Waals surface area contributed by atoms with E-state index in [-0.39, 0.29) is 5.25 Å². The van der Waals surface area contributed by atoms with E-state index in [1.54, 1.807) is 0 Å². The molecule has 0 aromatic rings. The number of rotatable bonds is 3. The Hall–Kier alpha value is -0.480. The molecule has 0 fully saturated rings. The van der Waals surface area contributed by atoms with E-state index in [4.69, 9.17) is 0 Å². The minimum atomic E-state index is -1.30. The third kappa shape index (κ3) is 2.80. The van der Waals surface area contributed by atoms with Crippen LogP contribution in [0.1, 0.15) is 32.1 Å². The maximum atomic E-state index is 12.1. The van der Waals surface area contributed by atoms with Gasteiger partial charge in [-0.15, -0.1) is 0 Å². The number of hydrogen-bond donors (Lipinski definition) is 0. The van der Waals surface area contributed by atoms with Crippen molar-refractivity contribution in [1.82, 2.24) is 0 Å². The lowest BCUT2D eigenvalue weighted by molar-refractivity contribution is 0.655. The van der Waals surface area contributed by atoms with Gasteiger partial charge in [-0.25, -0.2) is 8.42 Å². The van der Waals surface area contributed by atoms with E-state index in [1.807, 2.05) is 18.2 Å². The molecule has 0 aliphatic heterocycles. The molecule has 3 unspecified atom stereocenters. The van der Waals surface area contributed by atoms with Gasteiger partial charge in [-0.1, -0.05) is 30.4 Å². The highest BCUT2D eigenvalue weighted by atomic mass is 33.1. The van der Waals surface area contributed by atoms with Crippen LogP contribution in [0.25, 0.3) is 0 Å². The largest absolute Gasteiger partial charge is 0.245 e. The summed E-state index contributed by atoms with van der Waals surface area (Å²) < 4.78 is 24.2. The van der Waals surface area contributed by atoms with Gasteiger partial charge >= 0.3 is 0 Å². The molecular formula is C12H16O2S2. The van der Waals surface area contributed by atoms with Gasteiger partial charge in [0.2, 0.25) is 0 Å². The smallest absolute Gasteiger partial charge is 0.139 e. The third-order valence-corrected chi connectivity index (χ3v) is 7.21. The Bertz CT molecular complexity index is 394. The molecule has 16 heavy (non-hydrogen) atoms. The molecule has 0 amide bonds. The van der Waals surface area contributed by atoms with Crippen LogP contribution < -0.4 is 0 Å². The molecule has 2 rings (SSSR count). The zero-order valence-electron chi connectivity index (χ0n) is 9.13. The molecular weight excluding hydrogens is 240 g/mol. The first-order valence-electron chi connectivity index (χ1n) is 5.61. The van der Waals surface area contributed by atoms with E-state index < -0.39 is 19.7 Å². The average molecular weight is 256 g/mol. The molecule has 2 aliphatic rings. The molecule has 0 heterocycles. The highest BCUT2D eigenvalue weighted by molar-refractivity contribution is 8.62. The van der Waals surface area contributed by atoms with Gasteiger partial charge in [-0.05, 0) is 32.1 Å². The lowest BCUT2D eigenvalue weighted by Crippen LogP contribution is -2.20. The number of allylic oxidation sites excluding steroid dienone is 6. The van der Waals surface area contributed by atoms with Crippen molar-refractivity contribution in [3.05, 3.63) is 35.3 Å². The van der Waals surface area contributed by atoms with Crippen LogP contribution in [0.3, 0.4) is 0 Å². The standard InChI is InChI=1S/C12H16O2S2/c13-15(11-7-3-1-4-8-11)16(14)12-9-5-2-6-10-12/h1-3,5,8,12H,4,6-7,9-10H2. The summed E-state index contributed by atoms with van der Waals surface area (Å²) in [6.07, 6.45) is 14.4. The van der Waals surface area contributed by atoms with Crippen molar-refractivity contribution in [2.24, 2.45) is 0 Å². The van der Waals surface area contributed by atoms with Crippen LogP contribution in [0.4, 0.5) is 0 Å². The van der Waals surface area contributed by atoms with E-state index in [0.717, 1.165) is 30.6 Å². The summed E-state index contributed by atoms with van der Waals surface area (Å²) in [4.78, 5) is 0.843. The predicted octanol–water partition coefficient (Wildman–Crippen LogP) is 2.74. The Morgan fingerprint density at radius 3 is 2.62 bits per heavy atom. The second-order valence-corrected chi connectivity index (χ2v) is 8.06. The van der Waals surface area contributed by atoms with Crippen LogP contribution in [-0.2, 0) is 19.7 Å². The predicted molar refractivity (Wildman–Crippen MR) is 69.5 cm³/mol. The summed E-state index contributed by atoms with van der Waals surface area (Å²) >= 11 is 0. The maximum Gasteiger partial charge on any atom is 0.139 e. The SMILES string of the molecule is O=S(C1=CCC=CC1)S(=O)C1CC=CCC1. The summed E-state index contributed by atoms with van der Waals surface area (Å²) in [6, 6.07) is 0. The molecule has 0 radical (unpaired) electrons. The number of hydrogen-bond acceptors (Lipinski definition) is 2. The van der Waals surface area contributed by atoms with Crippen molar-refractivity contribution in [1.29, 1.82) is 0 Å². The minimum Gasteiger partial charge on any atom is -0.245 e. The molecule has 2 nitrogen and oxygen atoms in total. The van der Waals surface area contributed by atoms with E-state index >= 15 is 0 Å². The summed E-state index contributed by atoms with van der Waals surface area (Å²) in [5.41, 5.74) is 0. The molecule has 88 valence electrons. The first-order chi connectivity index (χ1) is 7.79. The van der Waals surface area contributed by atoms with E-state index in [2.05, 4.69) is 12.2 Å². The second-order valence-electron chi connectivity index (χ2n) is 3.98. The zero-order valence-corrected chi connectivity index (χ0v) is 10.8. The van der Waals surface area contributed by atoms with Crippen LogP contribution in [0.15, 0.2) is 35.3 Å². The Morgan fingerprint density at radius 1 is 1.12 bits per heavy atom. The molecule has 0 saturated carbocycles. The van der Waals surface area contributed by atoms with Crippen LogP contribution >= 0.6 is 0 Å². The van der Waals surface area contributed by atoms with Crippen molar-refractivity contribution >= 4 is 19.7 Å². The van der Waals surface area contributed by atoms with Gasteiger partial charge in [-0.2, -0.15) is 0 Å². The highest BCUT2D eigenvalue weighted by Gasteiger charge is 2.24. The topological polar surface area (TPSA) is 34.1 Å². The normalized spacial score (nSPS) is 28.5. The van der Waals surface area contributed by atoms with Crippen LogP contribution in [-0.4, -0.2) is 13.7 Å². The highest BCUT2D eigenvalue weighted by Crippen LogP contribution is 2.24. The second kappa shape index (κ2) is 5.73. The molecule has 0 saturated heterocycles. The van der Waals surface area contributed by atoms with Gasteiger partial charge in [0.05, 0.1) is 5.25 Å². The van der Waals surface area contributed by atoms with Crippen molar-refractivity contribution in [2.45, 2.75) is 37.4 Å². The monoisotopic (exact) mass is 256 g/mol. The minimum absolute atomic E-state index is 0.0811. The quantitative estimate of drug-likeness (QED) is 0.575. The van der Waals surface area contributed by atoms with Gasteiger partial charge in [0.25, 0.3) is 0 Å². The third-order valence-electron chi connectivity index (χ3n) is 2.82. The summed E-state index contributed by atoms with van der Waals surface area (Å²) in [5, 5.41) is 0.0811. The average Bonchev–Trinajstić information content (AvgIpc) is 2.39. The van der Waals surface area contributed by atoms with Gasteiger partial charge in [-0.3, -0.25) is 0 Å². The fourth-order valence-corrected chi connectivity index (χ4v) is 5.71. The Labute approximate surface area is 101 Å². The van der Waals surface area contributed by atoms with Gasteiger partial charge in [0.1, 0.15) is 19.7 Å².